The summed E-state index contributed by atoms with van der Waals surface area (Å²) in [6.45, 7) is 11.2. The first kappa shape index (κ1) is 16.6. The van der Waals surface area contributed by atoms with Crippen LogP contribution < -0.4 is 9.16 Å². The molecule has 4 heteroatoms. The number of hydrogen-bond donors (Lipinski definition) is 0. The number of ether oxygens (including phenoxy) is 1. The molecule has 0 saturated carbocycles. The Hall–Kier alpha value is -0.493. The molecule has 1 rings (SSSR count). The highest BCUT2D eigenvalue weighted by Gasteiger charge is 2.39. The van der Waals surface area contributed by atoms with Crippen molar-refractivity contribution < 1.29 is 9.16 Å². The van der Waals surface area contributed by atoms with E-state index < -0.39 is 8.32 Å². The van der Waals surface area contributed by atoms with Crippen LogP contribution in [0.4, 0.5) is 0 Å². The first-order valence-electron chi connectivity index (χ1n) is 6.35. The van der Waals surface area contributed by atoms with Crippen LogP contribution in [0, 0.1) is 0 Å². The smallest absolute Gasteiger partial charge is 0.250 e. The molecular weight excluding hydrogens is 367 g/mol. The van der Waals surface area contributed by atoms with Gasteiger partial charge in [-0.15, -0.1) is 0 Å². The molecule has 0 aliphatic carbocycles. The van der Waals surface area contributed by atoms with Gasteiger partial charge in [-0.25, -0.2) is 0 Å². The summed E-state index contributed by atoms with van der Waals surface area (Å²) >= 11 is 2.21. The molecule has 0 amide bonds. The van der Waals surface area contributed by atoms with E-state index >= 15 is 0 Å². The molecular formula is C15H23IO2Si. The second-order valence-corrected chi connectivity index (χ2v) is 11.5. The number of hydrogen-bond acceptors (Lipinski definition) is 2. The van der Waals surface area contributed by atoms with Crippen molar-refractivity contribution in [3.63, 3.8) is 0 Å². The van der Waals surface area contributed by atoms with Crippen molar-refractivity contribution in [1.82, 2.24) is 0 Å². The van der Waals surface area contributed by atoms with Crippen LogP contribution in [-0.2, 0) is 0 Å². The van der Waals surface area contributed by atoms with Gasteiger partial charge >= 0.3 is 0 Å². The molecule has 0 fully saturated rings. The molecule has 0 N–H and O–H groups in total. The Balaban J connectivity index is 3.08. The summed E-state index contributed by atoms with van der Waals surface area (Å²) in [7, 11) is -0.143. The molecule has 0 heterocycles. The Morgan fingerprint density at radius 2 is 1.79 bits per heavy atom. The van der Waals surface area contributed by atoms with Crippen LogP contribution in [-0.4, -0.2) is 15.4 Å². The summed E-state index contributed by atoms with van der Waals surface area (Å²) in [4.78, 5) is 0. The van der Waals surface area contributed by atoms with Gasteiger partial charge in [-0.3, -0.25) is 0 Å². The summed E-state index contributed by atoms with van der Waals surface area (Å²) < 4.78 is 13.7. The maximum absolute atomic E-state index is 6.31. The first-order chi connectivity index (χ1) is 8.71. The highest BCUT2D eigenvalue weighted by Crippen LogP contribution is 2.40. The summed E-state index contributed by atoms with van der Waals surface area (Å²) in [5.74, 6) is 1.65. The highest BCUT2D eigenvalue weighted by atomic mass is 127. The lowest BCUT2D eigenvalue weighted by atomic mass is 10.2. The Labute approximate surface area is 131 Å². The van der Waals surface area contributed by atoms with E-state index in [0.29, 0.717) is 0 Å². The maximum atomic E-state index is 6.31. The van der Waals surface area contributed by atoms with Crippen molar-refractivity contribution in [1.29, 1.82) is 0 Å². The van der Waals surface area contributed by atoms with Gasteiger partial charge in [-0.2, -0.15) is 0 Å². The van der Waals surface area contributed by atoms with E-state index in [1.165, 1.54) is 0 Å². The Morgan fingerprint density at radius 1 is 1.16 bits per heavy atom. The van der Waals surface area contributed by atoms with E-state index in [0.717, 1.165) is 17.1 Å². The van der Waals surface area contributed by atoms with E-state index in [-0.39, 0.29) is 5.04 Å². The lowest BCUT2D eigenvalue weighted by Crippen LogP contribution is -2.43. The SMILES string of the molecule is COc1cc(/C=C/I)ccc1O[Si](C)(C)C(C)(C)C. The van der Waals surface area contributed by atoms with Gasteiger partial charge in [-0.05, 0) is 46.0 Å². The molecule has 0 unspecified atom stereocenters. The highest BCUT2D eigenvalue weighted by molar-refractivity contribution is 14.1. The zero-order valence-electron chi connectivity index (χ0n) is 12.6. The number of rotatable bonds is 4. The molecule has 0 aliphatic heterocycles. The van der Waals surface area contributed by atoms with Crippen molar-refractivity contribution in [2.45, 2.75) is 38.9 Å². The third kappa shape index (κ3) is 4.24. The van der Waals surface area contributed by atoms with Gasteiger partial charge in [0.15, 0.2) is 5.75 Å². The zero-order valence-corrected chi connectivity index (χ0v) is 15.7. The van der Waals surface area contributed by atoms with Crippen LogP contribution in [0.1, 0.15) is 26.3 Å². The monoisotopic (exact) mass is 390 g/mol. The molecule has 0 spiro atoms. The predicted molar refractivity (Wildman–Crippen MR) is 93.9 cm³/mol. The lowest BCUT2D eigenvalue weighted by molar-refractivity contribution is 0.386. The summed E-state index contributed by atoms with van der Waals surface area (Å²) in [6, 6.07) is 6.07. The van der Waals surface area contributed by atoms with Crippen LogP contribution in [0.3, 0.4) is 0 Å². The molecule has 0 aliphatic rings. The van der Waals surface area contributed by atoms with Gasteiger partial charge < -0.3 is 9.16 Å². The van der Waals surface area contributed by atoms with Crippen molar-refractivity contribution in [2.75, 3.05) is 7.11 Å². The van der Waals surface area contributed by atoms with Crippen molar-refractivity contribution in [3.8, 4) is 11.5 Å². The van der Waals surface area contributed by atoms with Crippen LogP contribution >= 0.6 is 22.6 Å². The molecule has 0 atom stereocenters. The predicted octanol–water partition coefficient (Wildman–Crippen LogP) is 5.48. The molecule has 0 radical (unpaired) electrons. The van der Waals surface area contributed by atoms with Crippen molar-refractivity contribution in [3.05, 3.63) is 27.8 Å². The standard InChI is InChI=1S/C15H23IO2Si/c1-15(2,3)19(5,6)18-13-8-7-12(9-10-16)11-14(13)17-4/h7-11H,1-6H3/b10-9+. The lowest BCUT2D eigenvalue weighted by Gasteiger charge is -2.36. The number of halogens is 1. The molecule has 19 heavy (non-hydrogen) atoms. The van der Waals surface area contributed by atoms with Crippen molar-refractivity contribution >= 4 is 37.0 Å². The minimum Gasteiger partial charge on any atom is -0.541 e. The average molecular weight is 390 g/mol. The molecule has 2 nitrogen and oxygen atoms in total. The zero-order chi connectivity index (χ0) is 14.7. The third-order valence-corrected chi connectivity index (χ3v) is 8.32. The summed E-state index contributed by atoms with van der Waals surface area (Å²) in [5, 5.41) is 0.179. The normalized spacial score (nSPS) is 12.8. The Morgan fingerprint density at radius 3 is 2.26 bits per heavy atom. The second-order valence-electron chi connectivity index (χ2n) is 6.07. The fourth-order valence-electron chi connectivity index (χ4n) is 1.37. The van der Waals surface area contributed by atoms with Crippen LogP contribution in [0.2, 0.25) is 18.1 Å². The number of methoxy groups -OCH3 is 1. The maximum Gasteiger partial charge on any atom is 0.250 e. The molecule has 0 aromatic heterocycles. The topological polar surface area (TPSA) is 18.5 Å². The van der Waals surface area contributed by atoms with Gasteiger partial charge in [0.1, 0.15) is 5.75 Å². The molecule has 0 bridgehead atoms. The van der Waals surface area contributed by atoms with E-state index in [2.05, 4.69) is 62.5 Å². The fourth-order valence-corrected chi connectivity index (χ4v) is 2.81. The summed E-state index contributed by atoms with van der Waals surface area (Å²) in [5.41, 5.74) is 1.12. The molecule has 106 valence electrons. The molecule has 0 saturated heterocycles. The number of benzene rings is 1. The minimum absolute atomic E-state index is 0.179. The average Bonchev–Trinajstić information content (AvgIpc) is 2.29. The Bertz CT molecular complexity index is 462. The van der Waals surface area contributed by atoms with Crippen molar-refractivity contribution in [2.24, 2.45) is 0 Å². The second kappa shape index (κ2) is 6.30. The van der Waals surface area contributed by atoms with Gasteiger partial charge in [0.2, 0.25) is 0 Å². The van der Waals surface area contributed by atoms with Gasteiger partial charge in [-0.1, -0.05) is 49.4 Å². The van der Waals surface area contributed by atoms with Crippen LogP contribution in [0.15, 0.2) is 22.3 Å². The van der Waals surface area contributed by atoms with E-state index in [9.17, 15) is 0 Å². The quantitative estimate of drug-likeness (QED) is 0.500. The van der Waals surface area contributed by atoms with Crippen LogP contribution in [0.5, 0.6) is 11.5 Å². The third-order valence-electron chi connectivity index (χ3n) is 3.61. The fraction of sp³-hybridized carbons (Fsp3) is 0.467. The largest absolute Gasteiger partial charge is 0.541 e. The molecule has 1 aromatic rings. The summed E-state index contributed by atoms with van der Waals surface area (Å²) in [6.07, 6.45) is 2.04. The Kier molecular flexibility index (Phi) is 5.50. The van der Waals surface area contributed by atoms with Gasteiger partial charge in [0.05, 0.1) is 7.11 Å². The van der Waals surface area contributed by atoms with E-state index in [1.807, 2.05) is 22.3 Å². The molecule has 1 aromatic carbocycles. The van der Waals surface area contributed by atoms with E-state index in [1.54, 1.807) is 7.11 Å². The van der Waals surface area contributed by atoms with Gasteiger partial charge in [0, 0.05) is 0 Å². The first-order valence-corrected chi connectivity index (χ1v) is 10.5. The van der Waals surface area contributed by atoms with Crippen LogP contribution in [0.25, 0.3) is 6.08 Å². The van der Waals surface area contributed by atoms with E-state index in [4.69, 9.17) is 9.16 Å². The van der Waals surface area contributed by atoms with Gasteiger partial charge in [0.25, 0.3) is 8.32 Å². The minimum atomic E-state index is -1.83.